The zero-order chi connectivity index (χ0) is 11.7. The zero-order valence-electron chi connectivity index (χ0n) is 9.62. The molecular weight excluding hydrogens is 222 g/mol. The fraction of sp³-hybridized carbons (Fsp3) is 0.636. The highest BCUT2D eigenvalue weighted by Gasteiger charge is 2.20. The third-order valence-corrected chi connectivity index (χ3v) is 3.87. The van der Waals surface area contributed by atoms with Crippen molar-refractivity contribution in [2.75, 3.05) is 5.32 Å². The molecule has 4 nitrogen and oxygen atoms in total. The van der Waals surface area contributed by atoms with E-state index in [9.17, 15) is 4.79 Å². The molecule has 0 bridgehead atoms. The molecule has 0 fully saturated rings. The van der Waals surface area contributed by atoms with Crippen LogP contribution in [0.15, 0.2) is 0 Å². The van der Waals surface area contributed by atoms with Gasteiger partial charge in [-0.2, -0.15) is 0 Å². The van der Waals surface area contributed by atoms with Crippen molar-refractivity contribution in [3.63, 3.8) is 0 Å². The van der Waals surface area contributed by atoms with E-state index in [4.69, 9.17) is 5.73 Å². The van der Waals surface area contributed by atoms with E-state index in [0.717, 1.165) is 24.5 Å². The first-order chi connectivity index (χ1) is 7.56. The summed E-state index contributed by atoms with van der Waals surface area (Å²) in [6.07, 6.45) is 3.31. The van der Waals surface area contributed by atoms with E-state index in [2.05, 4.69) is 17.2 Å². The quantitative estimate of drug-likeness (QED) is 0.823. The maximum absolute atomic E-state index is 11.4. The lowest BCUT2D eigenvalue weighted by Gasteiger charge is -2.15. The lowest BCUT2D eigenvalue weighted by molar-refractivity contribution is -0.117. The number of nitrogens with two attached hydrogens (primary N) is 1. The van der Waals surface area contributed by atoms with Crippen LogP contribution < -0.4 is 11.1 Å². The number of fused-ring (bicyclic) bond motifs is 1. The van der Waals surface area contributed by atoms with Crippen LogP contribution in [0.3, 0.4) is 0 Å². The van der Waals surface area contributed by atoms with Crippen molar-refractivity contribution in [3.8, 4) is 0 Å². The van der Waals surface area contributed by atoms with Crippen molar-refractivity contribution < 1.29 is 4.79 Å². The smallest absolute Gasteiger partial charge is 0.242 e. The highest BCUT2D eigenvalue weighted by molar-refractivity contribution is 7.15. The fourth-order valence-electron chi connectivity index (χ4n) is 1.81. The van der Waals surface area contributed by atoms with Gasteiger partial charge in [-0.3, -0.25) is 4.79 Å². The fourth-order valence-corrected chi connectivity index (χ4v) is 2.99. The number of hydrogen-bond acceptors (Lipinski definition) is 4. The number of aryl methyl sites for hydroxylation is 1. The first-order valence-corrected chi connectivity index (χ1v) is 6.43. The lowest BCUT2D eigenvalue weighted by Crippen LogP contribution is -2.32. The summed E-state index contributed by atoms with van der Waals surface area (Å²) in [6, 6.07) is -0.486. The minimum atomic E-state index is -0.486. The van der Waals surface area contributed by atoms with Crippen molar-refractivity contribution >= 4 is 22.4 Å². The van der Waals surface area contributed by atoms with E-state index in [1.807, 2.05) is 0 Å². The Morgan fingerprint density at radius 2 is 2.44 bits per heavy atom. The number of carbonyl (C=O) groups is 1. The van der Waals surface area contributed by atoms with E-state index >= 15 is 0 Å². The van der Waals surface area contributed by atoms with Crippen LogP contribution in [0.2, 0.25) is 0 Å². The molecule has 0 aliphatic heterocycles. The van der Waals surface area contributed by atoms with E-state index in [1.54, 1.807) is 18.3 Å². The van der Waals surface area contributed by atoms with Crippen molar-refractivity contribution in [1.82, 2.24) is 4.98 Å². The molecule has 2 unspecified atom stereocenters. The van der Waals surface area contributed by atoms with Crippen LogP contribution in [-0.4, -0.2) is 16.9 Å². The van der Waals surface area contributed by atoms with Crippen LogP contribution in [0.5, 0.6) is 0 Å². The minimum Gasteiger partial charge on any atom is -0.320 e. The monoisotopic (exact) mass is 239 g/mol. The molecule has 1 aliphatic carbocycles. The van der Waals surface area contributed by atoms with Gasteiger partial charge < -0.3 is 11.1 Å². The number of anilines is 1. The van der Waals surface area contributed by atoms with Gasteiger partial charge in [0, 0.05) is 4.88 Å². The molecule has 88 valence electrons. The summed E-state index contributed by atoms with van der Waals surface area (Å²) in [5.74, 6) is 0.559. The summed E-state index contributed by atoms with van der Waals surface area (Å²) in [7, 11) is 0. The molecule has 0 saturated carbocycles. The van der Waals surface area contributed by atoms with Crippen molar-refractivity contribution in [3.05, 3.63) is 10.6 Å². The Bertz CT molecular complexity index is 400. The third-order valence-electron chi connectivity index (χ3n) is 2.83. The van der Waals surface area contributed by atoms with Crippen LogP contribution in [0.25, 0.3) is 0 Å². The number of rotatable bonds is 2. The van der Waals surface area contributed by atoms with Gasteiger partial charge in [0.25, 0.3) is 0 Å². The van der Waals surface area contributed by atoms with Gasteiger partial charge in [0.15, 0.2) is 5.13 Å². The zero-order valence-corrected chi connectivity index (χ0v) is 10.4. The Morgan fingerprint density at radius 1 is 1.69 bits per heavy atom. The Kier molecular flexibility index (Phi) is 3.25. The van der Waals surface area contributed by atoms with Crippen LogP contribution in [0.1, 0.15) is 30.8 Å². The van der Waals surface area contributed by atoms with E-state index in [0.29, 0.717) is 5.13 Å². The SMILES string of the molecule is CC1CCc2nc(NC(=O)C(C)N)sc2C1. The molecule has 2 atom stereocenters. The number of aromatic nitrogens is 1. The predicted molar refractivity (Wildman–Crippen MR) is 65.6 cm³/mol. The average Bonchev–Trinajstić information content (AvgIpc) is 2.58. The number of nitrogens with one attached hydrogen (secondary N) is 1. The van der Waals surface area contributed by atoms with Crippen molar-refractivity contribution in [2.45, 2.75) is 39.2 Å². The van der Waals surface area contributed by atoms with Gasteiger partial charge >= 0.3 is 0 Å². The summed E-state index contributed by atoms with van der Waals surface area (Å²) >= 11 is 1.59. The molecule has 0 radical (unpaired) electrons. The number of carbonyl (C=O) groups excluding carboxylic acids is 1. The van der Waals surface area contributed by atoms with Gasteiger partial charge in [-0.25, -0.2) is 4.98 Å². The van der Waals surface area contributed by atoms with Gasteiger partial charge in [0.1, 0.15) is 0 Å². The minimum absolute atomic E-state index is 0.167. The number of nitrogens with zero attached hydrogens (tertiary/aromatic N) is 1. The maximum Gasteiger partial charge on any atom is 0.242 e. The first kappa shape index (κ1) is 11.5. The van der Waals surface area contributed by atoms with Gasteiger partial charge in [-0.15, -0.1) is 11.3 Å². The molecule has 1 aromatic heterocycles. The van der Waals surface area contributed by atoms with Crippen molar-refractivity contribution in [2.24, 2.45) is 11.7 Å². The molecule has 0 spiro atoms. The molecule has 1 heterocycles. The second kappa shape index (κ2) is 4.51. The summed E-state index contributed by atoms with van der Waals surface area (Å²) in [6.45, 7) is 3.92. The largest absolute Gasteiger partial charge is 0.320 e. The Balaban J connectivity index is 2.10. The topological polar surface area (TPSA) is 68.0 Å². The standard InChI is InChI=1S/C11H17N3OS/c1-6-3-4-8-9(5-6)16-11(13-8)14-10(15)7(2)12/h6-7H,3-5,12H2,1-2H3,(H,13,14,15). The first-order valence-electron chi connectivity index (χ1n) is 5.61. The average molecular weight is 239 g/mol. The molecular formula is C11H17N3OS. The highest BCUT2D eigenvalue weighted by atomic mass is 32.1. The Morgan fingerprint density at radius 3 is 3.12 bits per heavy atom. The Labute approximate surface area is 99.3 Å². The molecule has 0 aromatic carbocycles. The number of hydrogen-bond donors (Lipinski definition) is 2. The number of thiazole rings is 1. The predicted octanol–water partition coefficient (Wildman–Crippen LogP) is 1.55. The van der Waals surface area contributed by atoms with Crippen LogP contribution in [0, 0.1) is 5.92 Å². The summed E-state index contributed by atoms with van der Waals surface area (Å²) in [4.78, 5) is 17.2. The van der Waals surface area contributed by atoms with Gasteiger partial charge in [-0.1, -0.05) is 6.92 Å². The summed E-state index contributed by atoms with van der Waals surface area (Å²) in [5.41, 5.74) is 6.65. The van der Waals surface area contributed by atoms with Crippen LogP contribution in [-0.2, 0) is 17.6 Å². The normalized spacial score (nSPS) is 21.3. The molecule has 2 rings (SSSR count). The summed E-state index contributed by atoms with van der Waals surface area (Å²) < 4.78 is 0. The van der Waals surface area contributed by atoms with Gasteiger partial charge in [0.2, 0.25) is 5.91 Å². The van der Waals surface area contributed by atoms with Gasteiger partial charge in [-0.05, 0) is 32.1 Å². The molecule has 5 heteroatoms. The lowest BCUT2D eigenvalue weighted by atomic mass is 9.93. The highest BCUT2D eigenvalue weighted by Crippen LogP contribution is 2.31. The molecule has 16 heavy (non-hydrogen) atoms. The molecule has 3 N–H and O–H groups in total. The van der Waals surface area contributed by atoms with E-state index < -0.39 is 6.04 Å². The third kappa shape index (κ3) is 2.41. The molecule has 1 amide bonds. The second-order valence-corrected chi connectivity index (χ2v) is 5.60. The number of amides is 1. The molecule has 0 saturated heterocycles. The summed E-state index contributed by atoms with van der Waals surface area (Å²) in [5, 5.41) is 3.45. The van der Waals surface area contributed by atoms with Gasteiger partial charge in [0.05, 0.1) is 11.7 Å². The maximum atomic E-state index is 11.4. The molecule has 1 aromatic rings. The van der Waals surface area contributed by atoms with Crippen LogP contribution in [0.4, 0.5) is 5.13 Å². The Hall–Kier alpha value is -0.940. The van der Waals surface area contributed by atoms with Crippen LogP contribution >= 0.6 is 11.3 Å². The second-order valence-electron chi connectivity index (χ2n) is 4.51. The molecule has 1 aliphatic rings. The van der Waals surface area contributed by atoms with E-state index in [-0.39, 0.29) is 5.91 Å². The van der Waals surface area contributed by atoms with E-state index in [1.165, 1.54) is 11.3 Å². The van der Waals surface area contributed by atoms with Crippen molar-refractivity contribution in [1.29, 1.82) is 0 Å².